The molecular formula is C16H28N2S. The van der Waals surface area contributed by atoms with E-state index in [1.165, 1.54) is 42.1 Å². The van der Waals surface area contributed by atoms with Crippen LogP contribution in [-0.2, 0) is 6.42 Å². The number of aryl methyl sites for hydroxylation is 1. The van der Waals surface area contributed by atoms with Crippen LogP contribution in [0.25, 0.3) is 0 Å². The Hall–Kier alpha value is -0.380. The second-order valence-corrected chi connectivity index (χ2v) is 7.31. The molecule has 0 saturated carbocycles. The Morgan fingerprint density at radius 2 is 2.00 bits per heavy atom. The Kier molecular flexibility index (Phi) is 5.04. The number of piperidine rings is 1. The summed E-state index contributed by atoms with van der Waals surface area (Å²) in [6.45, 7) is 10.1. The van der Waals surface area contributed by atoms with Gasteiger partial charge in [-0.05, 0) is 49.9 Å². The molecule has 0 aromatic carbocycles. The van der Waals surface area contributed by atoms with Gasteiger partial charge in [0.2, 0.25) is 0 Å². The number of rotatable bonds is 5. The van der Waals surface area contributed by atoms with Crippen LogP contribution in [0.15, 0.2) is 12.1 Å². The lowest BCUT2D eigenvalue weighted by molar-refractivity contribution is 0.0841. The summed E-state index contributed by atoms with van der Waals surface area (Å²) in [6, 6.07) is 4.99. The van der Waals surface area contributed by atoms with Crippen LogP contribution in [0.1, 0.15) is 55.8 Å². The van der Waals surface area contributed by atoms with Gasteiger partial charge in [-0.3, -0.25) is 4.90 Å². The number of likely N-dealkylation sites (tertiary alicyclic amines) is 1. The van der Waals surface area contributed by atoms with E-state index in [2.05, 4.69) is 37.8 Å². The van der Waals surface area contributed by atoms with Crippen LogP contribution in [0.5, 0.6) is 0 Å². The standard InChI is InChI=1S/C16H28N2S/c1-4-13-6-7-15(19-13)14(12-17)18-10-8-16(3,5-2)9-11-18/h6-7,14H,4-5,8-12,17H2,1-3H3. The van der Waals surface area contributed by atoms with E-state index in [9.17, 15) is 0 Å². The Labute approximate surface area is 122 Å². The van der Waals surface area contributed by atoms with Crippen LogP contribution >= 0.6 is 11.3 Å². The fourth-order valence-corrected chi connectivity index (χ4v) is 4.04. The van der Waals surface area contributed by atoms with Gasteiger partial charge in [-0.15, -0.1) is 11.3 Å². The Morgan fingerprint density at radius 1 is 1.32 bits per heavy atom. The minimum Gasteiger partial charge on any atom is -0.329 e. The van der Waals surface area contributed by atoms with Gasteiger partial charge in [0.25, 0.3) is 0 Å². The van der Waals surface area contributed by atoms with Crippen LogP contribution in [-0.4, -0.2) is 24.5 Å². The normalized spacial score (nSPS) is 21.5. The van der Waals surface area contributed by atoms with Crippen molar-refractivity contribution in [1.82, 2.24) is 4.90 Å². The molecule has 0 bridgehead atoms. The number of nitrogens with zero attached hydrogens (tertiary/aromatic N) is 1. The molecule has 0 aliphatic carbocycles. The molecule has 1 aliphatic heterocycles. The van der Waals surface area contributed by atoms with Crippen LogP contribution in [0.2, 0.25) is 0 Å². The second-order valence-electron chi connectivity index (χ2n) is 6.11. The van der Waals surface area contributed by atoms with Crippen LogP contribution in [0, 0.1) is 5.41 Å². The van der Waals surface area contributed by atoms with E-state index in [4.69, 9.17) is 5.73 Å². The van der Waals surface area contributed by atoms with E-state index in [1.807, 2.05) is 11.3 Å². The first-order chi connectivity index (χ1) is 9.11. The van der Waals surface area contributed by atoms with Gasteiger partial charge in [0.1, 0.15) is 0 Å². The predicted octanol–water partition coefficient (Wildman–Crippen LogP) is 3.82. The lowest BCUT2D eigenvalue weighted by Gasteiger charge is -2.42. The van der Waals surface area contributed by atoms with Crippen molar-refractivity contribution in [2.45, 2.75) is 52.5 Å². The van der Waals surface area contributed by atoms with Crippen molar-refractivity contribution in [2.24, 2.45) is 11.1 Å². The van der Waals surface area contributed by atoms with E-state index in [0.29, 0.717) is 11.5 Å². The molecule has 2 rings (SSSR count). The van der Waals surface area contributed by atoms with E-state index in [0.717, 1.165) is 13.0 Å². The average Bonchev–Trinajstić information content (AvgIpc) is 2.91. The summed E-state index contributed by atoms with van der Waals surface area (Å²) >= 11 is 1.94. The highest BCUT2D eigenvalue weighted by atomic mass is 32.1. The first-order valence-corrected chi connectivity index (χ1v) is 8.46. The molecule has 1 saturated heterocycles. The summed E-state index contributed by atoms with van der Waals surface area (Å²) in [5.74, 6) is 0. The Balaban J connectivity index is 2.03. The molecule has 1 aromatic heterocycles. The summed E-state index contributed by atoms with van der Waals surface area (Å²) in [5, 5.41) is 0. The molecule has 1 fully saturated rings. The zero-order valence-electron chi connectivity index (χ0n) is 12.6. The van der Waals surface area contributed by atoms with Crippen LogP contribution < -0.4 is 5.73 Å². The van der Waals surface area contributed by atoms with E-state index in [1.54, 1.807) is 0 Å². The first kappa shape index (κ1) is 15.0. The van der Waals surface area contributed by atoms with Crippen molar-refractivity contribution in [1.29, 1.82) is 0 Å². The minimum atomic E-state index is 0.437. The van der Waals surface area contributed by atoms with Crippen LogP contribution in [0.3, 0.4) is 0 Å². The van der Waals surface area contributed by atoms with Gasteiger partial charge in [-0.1, -0.05) is 27.2 Å². The van der Waals surface area contributed by atoms with Crippen molar-refractivity contribution in [3.8, 4) is 0 Å². The zero-order valence-corrected chi connectivity index (χ0v) is 13.4. The molecule has 0 amide bonds. The Morgan fingerprint density at radius 3 is 2.47 bits per heavy atom. The molecule has 1 atom stereocenters. The summed E-state index contributed by atoms with van der Waals surface area (Å²) in [6.07, 6.45) is 5.06. The van der Waals surface area contributed by atoms with Crippen molar-refractivity contribution in [3.05, 3.63) is 21.9 Å². The zero-order chi connectivity index (χ0) is 13.9. The summed E-state index contributed by atoms with van der Waals surface area (Å²) in [7, 11) is 0. The summed E-state index contributed by atoms with van der Waals surface area (Å²) in [5.41, 5.74) is 6.61. The lowest BCUT2D eigenvalue weighted by atomic mass is 9.78. The topological polar surface area (TPSA) is 29.3 Å². The maximum atomic E-state index is 6.05. The van der Waals surface area contributed by atoms with Gasteiger partial charge in [0, 0.05) is 16.3 Å². The second kappa shape index (κ2) is 6.38. The molecule has 1 unspecified atom stereocenters. The van der Waals surface area contributed by atoms with Gasteiger partial charge in [0.15, 0.2) is 0 Å². The maximum absolute atomic E-state index is 6.05. The maximum Gasteiger partial charge on any atom is 0.0564 e. The highest BCUT2D eigenvalue weighted by Crippen LogP contribution is 2.37. The van der Waals surface area contributed by atoms with Gasteiger partial charge in [0.05, 0.1) is 6.04 Å². The van der Waals surface area contributed by atoms with E-state index < -0.39 is 0 Å². The van der Waals surface area contributed by atoms with Gasteiger partial charge in [-0.2, -0.15) is 0 Å². The van der Waals surface area contributed by atoms with Crippen molar-refractivity contribution < 1.29 is 0 Å². The van der Waals surface area contributed by atoms with E-state index >= 15 is 0 Å². The molecule has 0 radical (unpaired) electrons. The molecule has 108 valence electrons. The molecule has 0 spiro atoms. The largest absolute Gasteiger partial charge is 0.329 e. The molecule has 2 heterocycles. The highest BCUT2D eigenvalue weighted by Gasteiger charge is 2.31. The lowest BCUT2D eigenvalue weighted by Crippen LogP contribution is -2.42. The number of hydrogen-bond donors (Lipinski definition) is 1. The third kappa shape index (κ3) is 3.39. The highest BCUT2D eigenvalue weighted by molar-refractivity contribution is 7.12. The third-order valence-corrected chi connectivity index (χ3v) is 6.21. The molecule has 19 heavy (non-hydrogen) atoms. The molecule has 2 nitrogen and oxygen atoms in total. The fourth-order valence-electron chi connectivity index (χ4n) is 2.94. The third-order valence-electron chi connectivity index (χ3n) is 4.88. The molecular weight excluding hydrogens is 252 g/mol. The van der Waals surface area contributed by atoms with Gasteiger partial charge in [-0.25, -0.2) is 0 Å². The molecule has 1 aliphatic rings. The number of nitrogens with two attached hydrogens (primary N) is 1. The quantitative estimate of drug-likeness (QED) is 0.888. The molecule has 2 N–H and O–H groups in total. The summed E-state index contributed by atoms with van der Waals surface area (Å²) in [4.78, 5) is 5.53. The Bertz CT molecular complexity index is 391. The number of thiophene rings is 1. The first-order valence-electron chi connectivity index (χ1n) is 7.64. The van der Waals surface area contributed by atoms with Crippen molar-refractivity contribution in [3.63, 3.8) is 0 Å². The van der Waals surface area contributed by atoms with E-state index in [-0.39, 0.29) is 0 Å². The molecule has 3 heteroatoms. The SMILES string of the molecule is CCc1ccc(C(CN)N2CCC(C)(CC)CC2)s1. The summed E-state index contributed by atoms with van der Waals surface area (Å²) < 4.78 is 0. The smallest absolute Gasteiger partial charge is 0.0564 e. The molecule has 1 aromatic rings. The minimum absolute atomic E-state index is 0.437. The van der Waals surface area contributed by atoms with Gasteiger partial charge < -0.3 is 5.73 Å². The van der Waals surface area contributed by atoms with Gasteiger partial charge >= 0.3 is 0 Å². The monoisotopic (exact) mass is 280 g/mol. The predicted molar refractivity (Wildman–Crippen MR) is 84.7 cm³/mol. The number of hydrogen-bond acceptors (Lipinski definition) is 3. The van der Waals surface area contributed by atoms with Crippen molar-refractivity contribution in [2.75, 3.05) is 19.6 Å². The fraction of sp³-hybridized carbons (Fsp3) is 0.750. The van der Waals surface area contributed by atoms with Crippen LogP contribution in [0.4, 0.5) is 0 Å². The average molecular weight is 280 g/mol. The van der Waals surface area contributed by atoms with Crippen molar-refractivity contribution >= 4 is 11.3 Å².